The van der Waals surface area contributed by atoms with Gasteiger partial charge < -0.3 is 10.6 Å². The van der Waals surface area contributed by atoms with Gasteiger partial charge in [0.2, 0.25) is 0 Å². The summed E-state index contributed by atoms with van der Waals surface area (Å²) in [6.07, 6.45) is 2.00. The van der Waals surface area contributed by atoms with Gasteiger partial charge >= 0.3 is 6.03 Å². The van der Waals surface area contributed by atoms with Gasteiger partial charge in [0.1, 0.15) is 0 Å². The Labute approximate surface area is 119 Å². The molecule has 1 fully saturated rings. The third-order valence-corrected chi connectivity index (χ3v) is 4.05. The molecule has 1 aliphatic rings. The lowest BCUT2D eigenvalue weighted by atomic mass is 10.1. The molecule has 0 radical (unpaired) electrons. The monoisotopic (exact) mass is 280 g/mol. The Morgan fingerprint density at radius 3 is 2.79 bits per heavy atom. The molecule has 1 aromatic rings. The summed E-state index contributed by atoms with van der Waals surface area (Å²) >= 11 is 5.90. The van der Waals surface area contributed by atoms with Crippen LogP contribution in [0.15, 0.2) is 24.3 Å². The van der Waals surface area contributed by atoms with Gasteiger partial charge in [0.15, 0.2) is 0 Å². The number of rotatable bonds is 5. The maximum Gasteiger partial charge on any atom is 0.314 e. The Kier molecular flexibility index (Phi) is 4.35. The molecule has 1 aliphatic carbocycles. The molecular weight excluding hydrogens is 260 g/mol. The molecule has 1 unspecified atom stereocenters. The molecule has 0 aromatic heterocycles. The third kappa shape index (κ3) is 4.43. The van der Waals surface area contributed by atoms with Crippen molar-refractivity contribution in [1.82, 2.24) is 10.6 Å². The first-order valence-corrected chi connectivity index (χ1v) is 7.11. The molecule has 0 bridgehead atoms. The van der Waals surface area contributed by atoms with Gasteiger partial charge in [-0.05, 0) is 41.9 Å². The molecule has 3 nitrogen and oxygen atoms in total. The molecular formula is C15H21ClN2O. The first-order chi connectivity index (χ1) is 8.97. The zero-order chi connectivity index (χ0) is 13.9. The average molecular weight is 281 g/mol. The van der Waals surface area contributed by atoms with Gasteiger partial charge in [-0.1, -0.05) is 37.6 Å². The zero-order valence-corrected chi connectivity index (χ0v) is 12.3. The predicted octanol–water partition coefficient (Wildman–Crippen LogP) is 3.23. The van der Waals surface area contributed by atoms with E-state index in [1.165, 1.54) is 6.42 Å². The van der Waals surface area contributed by atoms with Gasteiger partial charge in [0.25, 0.3) is 0 Å². The number of halogens is 1. The normalized spacial score (nSPS) is 19.8. The minimum absolute atomic E-state index is 0.0790. The summed E-state index contributed by atoms with van der Waals surface area (Å²) in [5, 5.41) is 6.52. The summed E-state index contributed by atoms with van der Waals surface area (Å²) in [6.45, 7) is 5.86. The van der Waals surface area contributed by atoms with E-state index in [-0.39, 0.29) is 6.03 Å². The van der Waals surface area contributed by atoms with Gasteiger partial charge in [-0.25, -0.2) is 4.79 Å². The summed E-state index contributed by atoms with van der Waals surface area (Å²) < 4.78 is 0. The molecule has 1 saturated carbocycles. The molecule has 19 heavy (non-hydrogen) atoms. The first-order valence-electron chi connectivity index (χ1n) is 6.73. The van der Waals surface area contributed by atoms with Crippen molar-refractivity contribution < 1.29 is 4.79 Å². The van der Waals surface area contributed by atoms with Crippen molar-refractivity contribution in [3.63, 3.8) is 0 Å². The molecule has 2 N–H and O–H groups in total. The maximum atomic E-state index is 11.6. The van der Waals surface area contributed by atoms with Gasteiger partial charge in [-0.3, -0.25) is 0 Å². The van der Waals surface area contributed by atoms with Crippen molar-refractivity contribution in [2.24, 2.45) is 11.3 Å². The van der Waals surface area contributed by atoms with Crippen molar-refractivity contribution in [2.75, 3.05) is 13.1 Å². The lowest BCUT2D eigenvalue weighted by Gasteiger charge is -2.08. The van der Waals surface area contributed by atoms with Crippen LogP contribution in [0.25, 0.3) is 0 Å². The smallest absolute Gasteiger partial charge is 0.314 e. The maximum absolute atomic E-state index is 11.6. The Hall–Kier alpha value is -1.22. The van der Waals surface area contributed by atoms with Gasteiger partial charge in [-0.2, -0.15) is 0 Å². The molecule has 104 valence electrons. The summed E-state index contributed by atoms with van der Waals surface area (Å²) in [7, 11) is 0. The van der Waals surface area contributed by atoms with Crippen molar-refractivity contribution in [3.8, 4) is 0 Å². The largest absolute Gasteiger partial charge is 0.338 e. The number of amides is 2. The second-order valence-electron chi connectivity index (χ2n) is 5.91. The van der Waals surface area contributed by atoms with Crippen LogP contribution < -0.4 is 10.6 Å². The summed E-state index contributed by atoms with van der Waals surface area (Å²) in [4.78, 5) is 11.6. The molecule has 1 aromatic carbocycles. The molecule has 0 spiro atoms. The highest BCUT2D eigenvalue weighted by Gasteiger charge is 2.45. The summed E-state index contributed by atoms with van der Waals surface area (Å²) in [5.74, 6) is 0.631. The molecule has 1 atom stereocenters. The molecule has 0 aliphatic heterocycles. The van der Waals surface area contributed by atoms with Crippen molar-refractivity contribution in [1.29, 1.82) is 0 Å². The first kappa shape index (κ1) is 14.2. The second-order valence-corrected chi connectivity index (χ2v) is 6.34. The van der Waals surface area contributed by atoms with E-state index >= 15 is 0 Å². The number of hydrogen-bond acceptors (Lipinski definition) is 1. The lowest BCUT2D eigenvalue weighted by Crippen LogP contribution is -2.38. The Morgan fingerprint density at radius 1 is 1.42 bits per heavy atom. The van der Waals surface area contributed by atoms with Crippen LogP contribution in [0.3, 0.4) is 0 Å². The molecule has 0 heterocycles. The van der Waals surface area contributed by atoms with Crippen LogP contribution in [0.4, 0.5) is 4.79 Å². The number of nitrogens with one attached hydrogen (secondary N) is 2. The van der Waals surface area contributed by atoms with Gasteiger partial charge in [0.05, 0.1) is 0 Å². The van der Waals surface area contributed by atoms with Crippen LogP contribution in [-0.2, 0) is 6.42 Å². The Balaban J connectivity index is 1.61. The Morgan fingerprint density at radius 2 is 2.16 bits per heavy atom. The van der Waals surface area contributed by atoms with Crippen LogP contribution in [0, 0.1) is 11.3 Å². The number of urea groups is 1. The predicted molar refractivity (Wildman–Crippen MR) is 78.4 cm³/mol. The fourth-order valence-corrected chi connectivity index (χ4v) is 2.43. The van der Waals surface area contributed by atoms with E-state index in [2.05, 4.69) is 24.5 Å². The molecule has 0 saturated heterocycles. The fourth-order valence-electron chi connectivity index (χ4n) is 2.22. The van der Waals surface area contributed by atoms with E-state index in [9.17, 15) is 4.79 Å². The van der Waals surface area contributed by atoms with Crippen molar-refractivity contribution in [3.05, 3.63) is 34.9 Å². The Bertz CT molecular complexity index is 459. The molecule has 4 heteroatoms. The quantitative estimate of drug-likeness (QED) is 0.854. The minimum atomic E-state index is -0.0790. The SMILES string of the molecule is CC1(C)CC1CNC(=O)NCCc1cccc(Cl)c1. The third-order valence-electron chi connectivity index (χ3n) is 3.81. The highest BCUT2D eigenvalue weighted by Crippen LogP contribution is 2.50. The fraction of sp³-hybridized carbons (Fsp3) is 0.533. The molecule has 2 amide bonds. The number of carbonyl (C=O) groups is 1. The van der Waals surface area contributed by atoms with Crippen LogP contribution in [0.1, 0.15) is 25.8 Å². The number of carbonyl (C=O) groups excluding carboxylic acids is 1. The number of benzene rings is 1. The van der Waals surface area contributed by atoms with E-state index in [0.717, 1.165) is 23.6 Å². The second kappa shape index (κ2) is 5.83. The van der Waals surface area contributed by atoms with E-state index in [1.807, 2.05) is 24.3 Å². The highest BCUT2D eigenvalue weighted by molar-refractivity contribution is 6.30. The van der Waals surface area contributed by atoms with Crippen LogP contribution in [0.2, 0.25) is 5.02 Å². The van der Waals surface area contributed by atoms with Gasteiger partial charge in [-0.15, -0.1) is 0 Å². The average Bonchev–Trinajstić information content (AvgIpc) is 2.95. The topological polar surface area (TPSA) is 41.1 Å². The number of hydrogen-bond donors (Lipinski definition) is 2. The van der Waals surface area contributed by atoms with Crippen molar-refractivity contribution in [2.45, 2.75) is 26.7 Å². The summed E-state index contributed by atoms with van der Waals surface area (Å²) in [5.41, 5.74) is 1.55. The minimum Gasteiger partial charge on any atom is -0.338 e. The van der Waals surface area contributed by atoms with Crippen molar-refractivity contribution >= 4 is 17.6 Å². The standard InChI is InChI=1S/C15H21ClN2O/c1-15(2)9-12(15)10-18-14(19)17-7-6-11-4-3-5-13(16)8-11/h3-5,8,12H,6-7,9-10H2,1-2H3,(H2,17,18,19). The molecule has 2 rings (SSSR count). The van der Waals surface area contributed by atoms with E-state index < -0.39 is 0 Å². The summed E-state index contributed by atoms with van der Waals surface area (Å²) in [6, 6.07) is 7.63. The zero-order valence-electron chi connectivity index (χ0n) is 11.5. The highest BCUT2D eigenvalue weighted by atomic mass is 35.5. The van der Waals surface area contributed by atoms with E-state index in [0.29, 0.717) is 17.9 Å². The van der Waals surface area contributed by atoms with E-state index in [4.69, 9.17) is 11.6 Å². The van der Waals surface area contributed by atoms with Crippen LogP contribution in [0.5, 0.6) is 0 Å². The van der Waals surface area contributed by atoms with Crippen LogP contribution in [-0.4, -0.2) is 19.1 Å². The van der Waals surface area contributed by atoms with Crippen LogP contribution >= 0.6 is 11.6 Å². The van der Waals surface area contributed by atoms with E-state index in [1.54, 1.807) is 0 Å². The van der Waals surface area contributed by atoms with Gasteiger partial charge in [0, 0.05) is 18.1 Å². The lowest BCUT2D eigenvalue weighted by molar-refractivity contribution is 0.240.